The molecule has 0 radical (unpaired) electrons. The summed E-state index contributed by atoms with van der Waals surface area (Å²) in [7, 11) is 0. The number of hydrogen-bond donors (Lipinski definition) is 1. The molecule has 0 bridgehead atoms. The first-order valence-electron chi connectivity index (χ1n) is 9.33. The molecule has 27 heavy (non-hydrogen) atoms. The van der Waals surface area contributed by atoms with E-state index in [-0.39, 0.29) is 11.9 Å². The molecule has 1 aliphatic rings. The highest BCUT2D eigenvalue weighted by Gasteiger charge is 2.28. The van der Waals surface area contributed by atoms with Crippen LogP contribution in [0.3, 0.4) is 0 Å². The number of amides is 1. The Morgan fingerprint density at radius 2 is 1.78 bits per heavy atom. The molecule has 3 aromatic rings. The summed E-state index contributed by atoms with van der Waals surface area (Å²) >= 11 is 0. The van der Waals surface area contributed by atoms with Crippen LogP contribution in [0.5, 0.6) is 0 Å². The summed E-state index contributed by atoms with van der Waals surface area (Å²) in [4.78, 5) is 14.9. The maximum atomic E-state index is 13.0. The van der Waals surface area contributed by atoms with Crippen molar-refractivity contribution >= 4 is 17.3 Å². The summed E-state index contributed by atoms with van der Waals surface area (Å²) < 4.78 is 1.92. The number of para-hydroxylation sites is 2. The Morgan fingerprint density at radius 3 is 2.56 bits per heavy atom. The third-order valence-corrected chi connectivity index (χ3v) is 5.18. The first kappa shape index (κ1) is 17.3. The SMILES string of the molecule is Cc1nn(-c2ccccc2)c(C)c1NC(C)C(=O)N1CCc2ccccc21. The highest BCUT2D eigenvalue weighted by atomic mass is 16.2. The summed E-state index contributed by atoms with van der Waals surface area (Å²) in [6.07, 6.45) is 0.915. The van der Waals surface area contributed by atoms with Crippen LogP contribution in [0.25, 0.3) is 5.69 Å². The van der Waals surface area contributed by atoms with E-state index in [9.17, 15) is 4.79 Å². The van der Waals surface area contributed by atoms with Crippen molar-refractivity contribution in [2.45, 2.75) is 33.2 Å². The van der Waals surface area contributed by atoms with Gasteiger partial charge in [0, 0.05) is 12.2 Å². The maximum Gasteiger partial charge on any atom is 0.249 e. The van der Waals surface area contributed by atoms with Crippen LogP contribution >= 0.6 is 0 Å². The topological polar surface area (TPSA) is 50.2 Å². The summed E-state index contributed by atoms with van der Waals surface area (Å²) in [6, 6.07) is 17.8. The quantitative estimate of drug-likeness (QED) is 0.768. The lowest BCUT2D eigenvalue weighted by Gasteiger charge is -2.23. The Hall–Kier alpha value is -3.08. The van der Waals surface area contributed by atoms with E-state index < -0.39 is 0 Å². The molecule has 5 heteroatoms. The van der Waals surface area contributed by atoms with Crippen molar-refractivity contribution in [2.24, 2.45) is 0 Å². The van der Waals surface area contributed by atoms with Crippen molar-refractivity contribution in [1.82, 2.24) is 9.78 Å². The maximum absolute atomic E-state index is 13.0. The average Bonchev–Trinajstić information content (AvgIpc) is 3.24. The minimum Gasteiger partial charge on any atom is -0.371 e. The monoisotopic (exact) mass is 360 g/mol. The van der Waals surface area contributed by atoms with Crippen molar-refractivity contribution in [1.29, 1.82) is 0 Å². The van der Waals surface area contributed by atoms with Gasteiger partial charge in [0.15, 0.2) is 0 Å². The van der Waals surface area contributed by atoms with Crippen LogP contribution < -0.4 is 10.2 Å². The Morgan fingerprint density at radius 1 is 1.07 bits per heavy atom. The molecule has 1 atom stereocenters. The molecule has 5 nitrogen and oxygen atoms in total. The molecule has 1 unspecified atom stereocenters. The van der Waals surface area contributed by atoms with Gasteiger partial charge in [-0.25, -0.2) is 4.68 Å². The van der Waals surface area contributed by atoms with E-state index in [0.29, 0.717) is 0 Å². The Kier molecular flexibility index (Phi) is 4.44. The minimum absolute atomic E-state index is 0.0891. The molecule has 4 rings (SSSR count). The Balaban J connectivity index is 1.56. The molecule has 1 aliphatic heterocycles. The molecule has 2 aromatic carbocycles. The molecule has 0 saturated heterocycles. The lowest BCUT2D eigenvalue weighted by molar-refractivity contribution is -0.118. The predicted octanol–water partition coefficient (Wildman–Crippen LogP) is 3.88. The van der Waals surface area contributed by atoms with Gasteiger partial charge in [-0.1, -0.05) is 36.4 Å². The zero-order chi connectivity index (χ0) is 19.0. The van der Waals surface area contributed by atoms with Crippen LogP contribution in [0.2, 0.25) is 0 Å². The summed E-state index contributed by atoms with van der Waals surface area (Å²) in [5.74, 6) is 0.0891. The van der Waals surface area contributed by atoms with Crippen LogP contribution in [0.4, 0.5) is 11.4 Å². The first-order valence-corrected chi connectivity index (χ1v) is 9.33. The van der Waals surface area contributed by atoms with Gasteiger partial charge in [-0.15, -0.1) is 0 Å². The Bertz CT molecular complexity index is 977. The molecule has 1 amide bonds. The standard InChI is InChI=1S/C22H24N4O/c1-15-21(17(3)26(24-15)19-10-5-4-6-11-19)23-16(2)22(27)25-14-13-18-9-7-8-12-20(18)25/h4-12,16,23H,13-14H2,1-3H3. The molecule has 0 fully saturated rings. The van der Waals surface area contributed by atoms with Crippen LogP contribution in [-0.4, -0.2) is 28.3 Å². The van der Waals surface area contributed by atoms with E-state index in [1.807, 2.05) is 78.9 Å². The predicted molar refractivity (Wildman–Crippen MR) is 109 cm³/mol. The van der Waals surface area contributed by atoms with Crippen molar-refractivity contribution in [3.63, 3.8) is 0 Å². The van der Waals surface area contributed by atoms with Crippen LogP contribution in [0.1, 0.15) is 23.9 Å². The molecule has 2 heterocycles. The van der Waals surface area contributed by atoms with Gasteiger partial charge in [0.25, 0.3) is 0 Å². The van der Waals surface area contributed by atoms with Gasteiger partial charge in [-0.2, -0.15) is 5.10 Å². The smallest absolute Gasteiger partial charge is 0.249 e. The number of aromatic nitrogens is 2. The lowest BCUT2D eigenvalue weighted by Crippen LogP contribution is -2.40. The lowest BCUT2D eigenvalue weighted by atomic mass is 10.2. The van der Waals surface area contributed by atoms with E-state index in [1.165, 1.54) is 5.56 Å². The van der Waals surface area contributed by atoms with E-state index in [2.05, 4.69) is 16.5 Å². The van der Waals surface area contributed by atoms with E-state index in [4.69, 9.17) is 0 Å². The molecular formula is C22H24N4O. The highest BCUT2D eigenvalue weighted by Crippen LogP contribution is 2.29. The van der Waals surface area contributed by atoms with Crippen molar-refractivity contribution < 1.29 is 4.79 Å². The summed E-state index contributed by atoms with van der Waals surface area (Å²) in [6.45, 7) is 6.66. The van der Waals surface area contributed by atoms with Gasteiger partial charge < -0.3 is 10.2 Å². The fraction of sp³-hybridized carbons (Fsp3) is 0.273. The molecule has 0 spiro atoms. The second-order valence-electron chi connectivity index (χ2n) is 7.03. The van der Waals surface area contributed by atoms with Crippen molar-refractivity contribution in [3.8, 4) is 5.69 Å². The van der Waals surface area contributed by atoms with E-state index >= 15 is 0 Å². The van der Waals surface area contributed by atoms with Crippen LogP contribution in [-0.2, 0) is 11.2 Å². The number of benzene rings is 2. The molecular weight excluding hydrogens is 336 g/mol. The molecule has 138 valence electrons. The summed E-state index contributed by atoms with van der Waals surface area (Å²) in [5.41, 5.74) is 6.09. The summed E-state index contributed by atoms with van der Waals surface area (Å²) in [5, 5.41) is 8.06. The van der Waals surface area contributed by atoms with Crippen molar-refractivity contribution in [2.75, 3.05) is 16.8 Å². The number of nitrogens with zero attached hydrogens (tertiary/aromatic N) is 3. The van der Waals surface area contributed by atoms with Gasteiger partial charge >= 0.3 is 0 Å². The second kappa shape index (κ2) is 6.91. The number of nitrogens with one attached hydrogen (secondary N) is 1. The number of aryl methyl sites for hydroxylation is 1. The fourth-order valence-corrected chi connectivity index (χ4v) is 3.75. The Labute approximate surface area is 159 Å². The first-order chi connectivity index (χ1) is 13.1. The van der Waals surface area contributed by atoms with E-state index in [1.54, 1.807) is 0 Å². The van der Waals surface area contributed by atoms with Gasteiger partial charge in [0.05, 0.1) is 22.8 Å². The van der Waals surface area contributed by atoms with Gasteiger partial charge in [0.1, 0.15) is 6.04 Å². The zero-order valence-corrected chi connectivity index (χ0v) is 15.9. The van der Waals surface area contributed by atoms with Gasteiger partial charge in [-0.05, 0) is 51.0 Å². The van der Waals surface area contributed by atoms with E-state index in [0.717, 1.165) is 41.4 Å². The molecule has 0 aliphatic carbocycles. The highest BCUT2D eigenvalue weighted by molar-refractivity contribution is 6.00. The largest absolute Gasteiger partial charge is 0.371 e. The third-order valence-electron chi connectivity index (χ3n) is 5.18. The van der Waals surface area contributed by atoms with Crippen LogP contribution in [0.15, 0.2) is 54.6 Å². The van der Waals surface area contributed by atoms with Gasteiger partial charge in [0.2, 0.25) is 5.91 Å². The number of rotatable bonds is 4. The average molecular weight is 360 g/mol. The second-order valence-corrected chi connectivity index (χ2v) is 7.03. The number of hydrogen-bond acceptors (Lipinski definition) is 3. The minimum atomic E-state index is -0.332. The van der Waals surface area contributed by atoms with Crippen molar-refractivity contribution in [3.05, 3.63) is 71.5 Å². The van der Waals surface area contributed by atoms with Gasteiger partial charge in [-0.3, -0.25) is 4.79 Å². The molecule has 1 N–H and O–H groups in total. The van der Waals surface area contributed by atoms with Crippen LogP contribution in [0, 0.1) is 13.8 Å². The number of carbonyl (C=O) groups is 1. The third kappa shape index (κ3) is 3.10. The fourth-order valence-electron chi connectivity index (χ4n) is 3.75. The molecule has 0 saturated carbocycles. The zero-order valence-electron chi connectivity index (χ0n) is 15.9. The number of anilines is 2. The number of fused-ring (bicyclic) bond motifs is 1. The normalized spacial score (nSPS) is 14.1. The molecule has 1 aromatic heterocycles. The number of carbonyl (C=O) groups excluding carboxylic acids is 1.